The topological polar surface area (TPSA) is 110 Å². The predicted octanol–water partition coefficient (Wildman–Crippen LogP) is 3.23. The van der Waals surface area contributed by atoms with Gasteiger partial charge in [-0.2, -0.15) is 17.2 Å². The first-order valence-electron chi connectivity index (χ1n) is 9.62. The molecule has 0 saturated carbocycles. The summed E-state index contributed by atoms with van der Waals surface area (Å²) in [6, 6.07) is 8.84. The second-order valence-electron chi connectivity index (χ2n) is 6.27. The molecule has 8 nitrogen and oxygen atoms in total. The molecule has 1 heterocycles. The number of unbranched alkanes of at least 4 members (excludes halogenated alkanes) is 1. The van der Waals surface area contributed by atoms with Crippen molar-refractivity contribution in [3.05, 3.63) is 47.5 Å². The van der Waals surface area contributed by atoms with Crippen molar-refractivity contribution in [3.63, 3.8) is 0 Å². The quantitative estimate of drug-likeness (QED) is 0.506. The van der Waals surface area contributed by atoms with Crippen LogP contribution in [-0.2, 0) is 19.2 Å². The minimum Gasteiger partial charge on any atom is -0.350 e. The average molecular weight is 456 g/mol. The molecule has 0 atom stereocenters. The van der Waals surface area contributed by atoms with E-state index >= 15 is 0 Å². The molecule has 1 N–H and O–H groups in total. The van der Waals surface area contributed by atoms with Crippen LogP contribution in [0, 0.1) is 0 Å². The fraction of sp³-hybridized carbons (Fsp3) is 0.350. The van der Waals surface area contributed by atoms with Crippen molar-refractivity contribution in [3.8, 4) is 0 Å². The third-order valence-electron chi connectivity index (χ3n) is 4.30. The van der Waals surface area contributed by atoms with Crippen LogP contribution in [0.3, 0.4) is 0 Å². The van der Waals surface area contributed by atoms with Gasteiger partial charge in [0.05, 0.1) is 11.1 Å². The van der Waals surface area contributed by atoms with Crippen LogP contribution in [0.15, 0.2) is 36.4 Å². The lowest BCUT2D eigenvalue weighted by Gasteiger charge is -2.26. The van der Waals surface area contributed by atoms with Gasteiger partial charge in [0.25, 0.3) is 11.8 Å². The molecule has 0 saturated heterocycles. The van der Waals surface area contributed by atoms with Crippen LogP contribution in [0.1, 0.15) is 54.3 Å². The SMILES string of the molecule is CC.CCCCNC(=O)C(F)(F)S(=O)(=O)ON1C(=O)c2cccc3cccc(c23)C1=O. The number of halogens is 2. The first-order chi connectivity index (χ1) is 14.6. The summed E-state index contributed by atoms with van der Waals surface area (Å²) in [6.07, 6.45) is 0.934. The van der Waals surface area contributed by atoms with Crippen LogP contribution in [0.4, 0.5) is 8.78 Å². The molecule has 0 unspecified atom stereocenters. The van der Waals surface area contributed by atoms with E-state index in [4.69, 9.17) is 0 Å². The van der Waals surface area contributed by atoms with Crippen LogP contribution < -0.4 is 5.32 Å². The lowest BCUT2D eigenvalue weighted by atomic mass is 9.95. The van der Waals surface area contributed by atoms with Gasteiger partial charge < -0.3 is 5.32 Å². The second kappa shape index (κ2) is 9.48. The largest absolute Gasteiger partial charge is 0.448 e. The number of nitrogens with zero attached hydrogens (tertiary/aromatic N) is 1. The lowest BCUT2D eigenvalue weighted by molar-refractivity contribution is -0.137. The standard InChI is InChI=1S/C18H16F2N2O6S.C2H6/c1-2-3-10-21-17(25)18(19,20)29(26,27)28-22-15(23)12-8-4-6-11-7-5-9-13(14(11)12)16(22)24;1-2/h4-9H,2-3,10H2,1H3,(H,21,25);1-2H3. The maximum absolute atomic E-state index is 14.2. The molecule has 2 aromatic rings. The number of benzene rings is 2. The van der Waals surface area contributed by atoms with Gasteiger partial charge in [0.15, 0.2) is 0 Å². The summed E-state index contributed by atoms with van der Waals surface area (Å²) in [4.78, 5) is 36.8. The molecule has 0 spiro atoms. The number of carbonyl (C=O) groups excluding carboxylic acids is 3. The van der Waals surface area contributed by atoms with Gasteiger partial charge in [0.2, 0.25) is 0 Å². The van der Waals surface area contributed by atoms with Gasteiger partial charge >= 0.3 is 21.3 Å². The Labute approximate surface area is 178 Å². The Kier molecular flexibility index (Phi) is 7.45. The van der Waals surface area contributed by atoms with E-state index in [9.17, 15) is 31.6 Å². The molecule has 0 aliphatic carbocycles. The van der Waals surface area contributed by atoms with Crippen LogP contribution >= 0.6 is 0 Å². The third-order valence-corrected chi connectivity index (χ3v) is 5.46. The van der Waals surface area contributed by atoms with Crippen molar-refractivity contribution in [2.24, 2.45) is 0 Å². The molecule has 0 radical (unpaired) electrons. The first kappa shape index (κ1) is 24.4. The predicted molar refractivity (Wildman–Crippen MR) is 109 cm³/mol. The van der Waals surface area contributed by atoms with Crippen molar-refractivity contribution < 1.29 is 35.9 Å². The zero-order valence-electron chi connectivity index (χ0n) is 17.1. The van der Waals surface area contributed by atoms with Crippen LogP contribution in [0.25, 0.3) is 10.8 Å². The molecule has 11 heteroatoms. The van der Waals surface area contributed by atoms with Gasteiger partial charge in [-0.3, -0.25) is 14.4 Å². The number of hydrogen-bond donors (Lipinski definition) is 1. The highest BCUT2D eigenvalue weighted by molar-refractivity contribution is 7.88. The summed E-state index contributed by atoms with van der Waals surface area (Å²) in [7, 11) is -5.99. The zero-order chi connectivity index (χ0) is 23.4. The molecule has 168 valence electrons. The first-order valence-corrected chi connectivity index (χ1v) is 11.0. The molecule has 0 fully saturated rings. The zero-order valence-corrected chi connectivity index (χ0v) is 18.0. The highest BCUT2D eigenvalue weighted by atomic mass is 32.2. The van der Waals surface area contributed by atoms with E-state index < -0.39 is 33.1 Å². The summed E-state index contributed by atoms with van der Waals surface area (Å²) in [5, 5.41) is -2.70. The summed E-state index contributed by atoms with van der Waals surface area (Å²) in [5.41, 5.74) is -0.188. The van der Waals surface area contributed by atoms with Gasteiger partial charge in [-0.15, -0.1) is 9.35 Å². The summed E-state index contributed by atoms with van der Waals surface area (Å²) in [5.74, 6) is -4.57. The van der Waals surface area contributed by atoms with Crippen LogP contribution in [0.2, 0.25) is 0 Å². The summed E-state index contributed by atoms with van der Waals surface area (Å²) in [6.45, 7) is 5.58. The normalized spacial score (nSPS) is 13.6. The molecule has 3 rings (SSSR count). The van der Waals surface area contributed by atoms with Crippen LogP contribution in [0.5, 0.6) is 0 Å². The number of rotatable bonds is 7. The number of amides is 3. The maximum atomic E-state index is 14.2. The average Bonchev–Trinajstić information content (AvgIpc) is 2.76. The van der Waals surface area contributed by atoms with Crippen molar-refractivity contribution in [1.29, 1.82) is 0 Å². The van der Waals surface area contributed by atoms with E-state index in [1.54, 1.807) is 24.4 Å². The smallest absolute Gasteiger partial charge is 0.350 e. The Hall–Kier alpha value is -2.92. The number of imide groups is 1. The molecule has 1 aliphatic heterocycles. The Morgan fingerprint density at radius 2 is 1.58 bits per heavy atom. The monoisotopic (exact) mass is 456 g/mol. The fourth-order valence-electron chi connectivity index (χ4n) is 2.82. The van der Waals surface area contributed by atoms with Gasteiger partial charge in [0.1, 0.15) is 0 Å². The lowest BCUT2D eigenvalue weighted by Crippen LogP contribution is -2.51. The molecule has 0 bridgehead atoms. The Morgan fingerprint density at radius 3 is 2.06 bits per heavy atom. The second-order valence-corrected chi connectivity index (χ2v) is 7.84. The number of carbonyl (C=O) groups is 3. The van der Waals surface area contributed by atoms with E-state index in [1.165, 1.54) is 24.3 Å². The van der Waals surface area contributed by atoms with Gasteiger partial charge in [-0.25, -0.2) is 0 Å². The van der Waals surface area contributed by atoms with E-state index in [2.05, 4.69) is 4.28 Å². The van der Waals surface area contributed by atoms with Crippen molar-refractivity contribution in [1.82, 2.24) is 10.4 Å². The third kappa shape index (κ3) is 4.42. The fourth-order valence-corrected chi connectivity index (χ4v) is 3.54. The molecular formula is C20H22F2N2O6S. The molecule has 2 aromatic carbocycles. The van der Waals surface area contributed by atoms with Crippen LogP contribution in [-0.4, -0.2) is 43.0 Å². The molecule has 0 aromatic heterocycles. The van der Waals surface area contributed by atoms with Crippen molar-refractivity contribution >= 4 is 38.6 Å². The summed E-state index contributed by atoms with van der Waals surface area (Å²) < 4.78 is 56.7. The molecule has 3 amide bonds. The Morgan fingerprint density at radius 1 is 1.06 bits per heavy atom. The number of hydroxylamine groups is 2. The van der Waals surface area contributed by atoms with Gasteiger partial charge in [-0.05, 0) is 23.9 Å². The van der Waals surface area contributed by atoms with E-state index in [-0.39, 0.29) is 28.1 Å². The highest BCUT2D eigenvalue weighted by Gasteiger charge is 2.56. The van der Waals surface area contributed by atoms with E-state index in [0.29, 0.717) is 18.2 Å². The van der Waals surface area contributed by atoms with Gasteiger partial charge in [-0.1, -0.05) is 51.5 Å². The Balaban J connectivity index is 0.00000166. The number of alkyl halides is 2. The van der Waals surface area contributed by atoms with Gasteiger partial charge in [0, 0.05) is 11.9 Å². The minimum absolute atomic E-state index is 0.0939. The molecule has 31 heavy (non-hydrogen) atoms. The molecule has 1 aliphatic rings. The Bertz CT molecular complexity index is 1070. The number of hydrogen-bond acceptors (Lipinski definition) is 6. The van der Waals surface area contributed by atoms with E-state index in [1.807, 2.05) is 13.8 Å². The minimum atomic E-state index is -5.99. The maximum Gasteiger partial charge on any atom is 0.448 e. The molecular weight excluding hydrogens is 434 g/mol. The van der Waals surface area contributed by atoms with Crippen molar-refractivity contribution in [2.45, 2.75) is 38.9 Å². The highest BCUT2D eigenvalue weighted by Crippen LogP contribution is 2.32. The summed E-state index contributed by atoms with van der Waals surface area (Å²) >= 11 is 0. The van der Waals surface area contributed by atoms with Crippen molar-refractivity contribution in [2.75, 3.05) is 6.54 Å². The van der Waals surface area contributed by atoms with E-state index in [0.717, 1.165) is 0 Å². The number of nitrogens with one attached hydrogen (secondary N) is 1.